The number of benzene rings is 1. The lowest BCUT2D eigenvalue weighted by Gasteiger charge is -2.37. The average molecular weight is 486 g/mol. The summed E-state index contributed by atoms with van der Waals surface area (Å²) in [4.78, 5) is 27.7. The van der Waals surface area contributed by atoms with Gasteiger partial charge in [-0.25, -0.2) is 17.5 Å². The van der Waals surface area contributed by atoms with E-state index in [-0.39, 0.29) is 29.4 Å². The number of halogens is 1. The quantitative estimate of drug-likeness (QED) is 0.501. The van der Waals surface area contributed by atoms with Gasteiger partial charge in [0.1, 0.15) is 11.9 Å². The molecule has 0 bridgehead atoms. The lowest BCUT2D eigenvalue weighted by Crippen LogP contribution is -2.59. The van der Waals surface area contributed by atoms with Crippen molar-refractivity contribution in [1.29, 1.82) is 0 Å². The Labute approximate surface area is 196 Å². The Balaban J connectivity index is 2.23. The summed E-state index contributed by atoms with van der Waals surface area (Å²) in [6.45, 7) is 9.73. The van der Waals surface area contributed by atoms with Crippen LogP contribution in [0.5, 0.6) is 0 Å². The van der Waals surface area contributed by atoms with Gasteiger partial charge in [0.25, 0.3) is 0 Å². The molecule has 0 spiro atoms. The zero-order valence-corrected chi connectivity index (χ0v) is 20.9. The van der Waals surface area contributed by atoms with Crippen molar-refractivity contribution in [3.8, 4) is 0 Å². The minimum absolute atomic E-state index is 0.148. The Bertz CT molecular complexity index is 913. The van der Waals surface area contributed by atoms with Crippen LogP contribution in [0.3, 0.4) is 0 Å². The van der Waals surface area contributed by atoms with Gasteiger partial charge in [0, 0.05) is 18.7 Å². The van der Waals surface area contributed by atoms with E-state index in [9.17, 15) is 22.4 Å². The molecule has 1 aromatic rings. The second-order valence-corrected chi connectivity index (χ2v) is 11.1. The van der Waals surface area contributed by atoms with E-state index in [0.29, 0.717) is 13.0 Å². The normalized spacial score (nSPS) is 17.7. The first-order valence-corrected chi connectivity index (χ1v) is 12.8. The van der Waals surface area contributed by atoms with Crippen molar-refractivity contribution in [2.75, 3.05) is 19.7 Å². The number of hydrogen-bond acceptors (Lipinski definition) is 5. The van der Waals surface area contributed by atoms with E-state index in [1.165, 1.54) is 4.90 Å². The Morgan fingerprint density at radius 1 is 1.24 bits per heavy atom. The molecular formula is C23H36FN3O5S. The molecule has 1 aliphatic heterocycles. The van der Waals surface area contributed by atoms with Gasteiger partial charge in [-0.05, 0) is 63.3 Å². The molecule has 10 heteroatoms. The highest BCUT2D eigenvalue weighted by molar-refractivity contribution is 7.89. The van der Waals surface area contributed by atoms with Gasteiger partial charge in [-0.1, -0.05) is 20.8 Å². The summed E-state index contributed by atoms with van der Waals surface area (Å²) in [5.41, 5.74) is -0.451. The standard InChI is InChI=1S/C23H36FN3O5S/c1-6-23(4,5)26-22(29)21(16(2)3)27(15-18-8-7-13-32-18)20(28)14-25-33(30,31)19-11-9-17(24)10-12-19/h9-12,16,18,21,25H,6-8,13-15H2,1-5H3,(H,26,29)/t18-,21+/m1/s1. The van der Waals surface area contributed by atoms with E-state index in [0.717, 1.165) is 37.1 Å². The molecule has 8 nitrogen and oxygen atoms in total. The zero-order valence-electron chi connectivity index (χ0n) is 20.1. The summed E-state index contributed by atoms with van der Waals surface area (Å²) >= 11 is 0. The van der Waals surface area contributed by atoms with Crippen LogP contribution in [0.1, 0.15) is 53.9 Å². The molecule has 0 aromatic heterocycles. The average Bonchev–Trinajstić information content (AvgIpc) is 3.24. The van der Waals surface area contributed by atoms with Gasteiger partial charge in [0.05, 0.1) is 17.5 Å². The molecule has 1 heterocycles. The van der Waals surface area contributed by atoms with Gasteiger partial charge in [0.15, 0.2) is 0 Å². The molecule has 0 radical (unpaired) electrons. The van der Waals surface area contributed by atoms with E-state index in [1.807, 2.05) is 34.6 Å². The summed E-state index contributed by atoms with van der Waals surface area (Å²) < 4.78 is 46.3. The number of nitrogens with zero attached hydrogens (tertiary/aromatic N) is 1. The van der Waals surface area contributed by atoms with Gasteiger partial charge >= 0.3 is 0 Å². The molecule has 0 aliphatic carbocycles. The molecular weight excluding hydrogens is 449 g/mol. The lowest BCUT2D eigenvalue weighted by atomic mass is 9.96. The smallest absolute Gasteiger partial charge is 0.243 e. The van der Waals surface area contributed by atoms with E-state index >= 15 is 0 Å². The molecule has 1 aromatic carbocycles. The second kappa shape index (κ2) is 11.4. The van der Waals surface area contributed by atoms with Crippen molar-refractivity contribution in [2.45, 2.75) is 76.5 Å². The third kappa shape index (κ3) is 7.75. The molecule has 0 saturated carbocycles. The van der Waals surface area contributed by atoms with Crippen molar-refractivity contribution in [1.82, 2.24) is 14.9 Å². The molecule has 2 amide bonds. The Morgan fingerprint density at radius 2 is 1.88 bits per heavy atom. The minimum atomic E-state index is -4.03. The van der Waals surface area contributed by atoms with Crippen molar-refractivity contribution in [3.05, 3.63) is 30.1 Å². The van der Waals surface area contributed by atoms with Crippen molar-refractivity contribution < 1.29 is 27.1 Å². The van der Waals surface area contributed by atoms with Gasteiger partial charge in [0.2, 0.25) is 21.8 Å². The summed E-state index contributed by atoms with van der Waals surface area (Å²) in [7, 11) is -4.03. The molecule has 1 saturated heterocycles. The molecule has 2 rings (SSSR count). The van der Waals surface area contributed by atoms with Crippen LogP contribution in [0.4, 0.5) is 4.39 Å². The third-order valence-corrected chi connectivity index (χ3v) is 7.28. The van der Waals surface area contributed by atoms with Crippen LogP contribution in [0.25, 0.3) is 0 Å². The third-order valence-electron chi connectivity index (χ3n) is 5.86. The Hall–Kier alpha value is -2.04. The van der Waals surface area contributed by atoms with Crippen LogP contribution in [0.2, 0.25) is 0 Å². The fraction of sp³-hybridized carbons (Fsp3) is 0.652. The lowest BCUT2D eigenvalue weighted by molar-refractivity contribution is -0.144. The molecule has 2 N–H and O–H groups in total. The molecule has 1 fully saturated rings. The molecule has 186 valence electrons. The number of carbonyl (C=O) groups is 2. The number of amides is 2. The SMILES string of the molecule is CCC(C)(C)NC(=O)[C@H](C(C)C)N(C[C@H]1CCCO1)C(=O)CNS(=O)(=O)c1ccc(F)cc1. The molecule has 2 atom stereocenters. The predicted molar refractivity (Wildman–Crippen MR) is 123 cm³/mol. The maximum Gasteiger partial charge on any atom is 0.243 e. The first kappa shape index (κ1) is 27.2. The predicted octanol–water partition coefficient (Wildman–Crippen LogP) is 2.44. The number of hydrogen-bond donors (Lipinski definition) is 2. The minimum Gasteiger partial charge on any atom is -0.376 e. The zero-order chi connectivity index (χ0) is 24.8. The fourth-order valence-electron chi connectivity index (χ4n) is 3.63. The van der Waals surface area contributed by atoms with Crippen LogP contribution < -0.4 is 10.0 Å². The van der Waals surface area contributed by atoms with Gasteiger partial charge in [-0.3, -0.25) is 9.59 Å². The highest BCUT2D eigenvalue weighted by atomic mass is 32.2. The summed E-state index contributed by atoms with van der Waals surface area (Å²) in [5, 5.41) is 3.00. The highest BCUT2D eigenvalue weighted by Gasteiger charge is 2.36. The van der Waals surface area contributed by atoms with Crippen LogP contribution in [0.15, 0.2) is 29.2 Å². The topological polar surface area (TPSA) is 105 Å². The van der Waals surface area contributed by atoms with Gasteiger partial charge in [-0.15, -0.1) is 0 Å². The summed E-state index contributed by atoms with van der Waals surface area (Å²) in [5.74, 6) is -1.59. The fourth-order valence-corrected chi connectivity index (χ4v) is 4.61. The first-order valence-electron chi connectivity index (χ1n) is 11.3. The van der Waals surface area contributed by atoms with Crippen LogP contribution in [-0.2, 0) is 24.3 Å². The number of carbonyl (C=O) groups excluding carboxylic acids is 2. The summed E-state index contributed by atoms with van der Waals surface area (Å²) in [6.07, 6.45) is 2.13. The second-order valence-electron chi connectivity index (χ2n) is 9.38. The van der Waals surface area contributed by atoms with E-state index in [4.69, 9.17) is 4.74 Å². The highest BCUT2D eigenvalue weighted by Crippen LogP contribution is 2.20. The number of ether oxygens (including phenoxy) is 1. The Kier molecular flexibility index (Phi) is 9.39. The molecule has 1 aliphatic rings. The first-order chi connectivity index (χ1) is 15.4. The van der Waals surface area contributed by atoms with Crippen LogP contribution in [-0.4, -0.2) is 62.5 Å². The van der Waals surface area contributed by atoms with Crippen molar-refractivity contribution in [2.24, 2.45) is 5.92 Å². The largest absolute Gasteiger partial charge is 0.376 e. The van der Waals surface area contributed by atoms with E-state index in [1.54, 1.807) is 0 Å². The van der Waals surface area contributed by atoms with Gasteiger partial charge < -0.3 is 15.0 Å². The van der Waals surface area contributed by atoms with Crippen LogP contribution >= 0.6 is 0 Å². The Morgan fingerprint density at radius 3 is 2.39 bits per heavy atom. The maximum absolute atomic E-state index is 13.3. The monoisotopic (exact) mass is 485 g/mol. The molecule has 0 unspecified atom stereocenters. The van der Waals surface area contributed by atoms with Gasteiger partial charge in [-0.2, -0.15) is 0 Å². The summed E-state index contributed by atoms with van der Waals surface area (Å²) in [6, 6.07) is 3.54. The van der Waals surface area contributed by atoms with Crippen molar-refractivity contribution in [3.63, 3.8) is 0 Å². The van der Waals surface area contributed by atoms with E-state index in [2.05, 4.69) is 10.0 Å². The number of rotatable bonds is 11. The number of sulfonamides is 1. The molecule has 33 heavy (non-hydrogen) atoms. The number of nitrogens with one attached hydrogen (secondary N) is 2. The van der Waals surface area contributed by atoms with E-state index < -0.39 is 39.9 Å². The van der Waals surface area contributed by atoms with Crippen LogP contribution in [0, 0.1) is 11.7 Å². The maximum atomic E-state index is 13.3. The van der Waals surface area contributed by atoms with Crippen molar-refractivity contribution >= 4 is 21.8 Å².